The van der Waals surface area contributed by atoms with Crippen molar-refractivity contribution in [3.8, 4) is 0 Å². The van der Waals surface area contributed by atoms with Crippen molar-refractivity contribution in [3.05, 3.63) is 0 Å². The summed E-state index contributed by atoms with van der Waals surface area (Å²) in [5.74, 6) is 1.01. The molecule has 15 heavy (non-hydrogen) atoms. The first-order chi connectivity index (χ1) is 7.09. The second-order valence-corrected chi connectivity index (χ2v) is 4.78. The number of rotatable bonds is 4. The van der Waals surface area contributed by atoms with Gasteiger partial charge in [-0.2, -0.15) is 0 Å². The minimum atomic E-state index is 0.255. The van der Waals surface area contributed by atoms with Crippen LogP contribution in [0.25, 0.3) is 0 Å². The van der Waals surface area contributed by atoms with E-state index >= 15 is 0 Å². The number of hydrogen-bond acceptors (Lipinski definition) is 3. The summed E-state index contributed by atoms with van der Waals surface area (Å²) in [4.78, 5) is 18.2. The molecule has 0 radical (unpaired) electrons. The molecule has 0 aromatic carbocycles. The Hall–Kier alpha value is -0.700. The fourth-order valence-corrected chi connectivity index (χ4v) is 1.81. The van der Waals surface area contributed by atoms with Crippen LogP contribution in [0, 0.1) is 11.8 Å². The molecule has 1 rings (SSSR count). The number of ketones is 1. The molecule has 0 aromatic rings. The molecule has 1 heterocycles. The van der Waals surface area contributed by atoms with Crippen molar-refractivity contribution in [3.63, 3.8) is 0 Å². The van der Waals surface area contributed by atoms with Gasteiger partial charge in [0.25, 0.3) is 0 Å². The predicted octanol–water partition coefficient (Wildman–Crippen LogP) is 1.62. The van der Waals surface area contributed by atoms with Gasteiger partial charge in [-0.3, -0.25) is 9.79 Å². The predicted molar refractivity (Wildman–Crippen MR) is 63.4 cm³/mol. The minimum absolute atomic E-state index is 0.255. The summed E-state index contributed by atoms with van der Waals surface area (Å²) >= 11 is 0. The molecule has 3 heteroatoms. The van der Waals surface area contributed by atoms with Crippen molar-refractivity contribution in [2.45, 2.75) is 26.7 Å². The van der Waals surface area contributed by atoms with Crippen LogP contribution in [-0.4, -0.2) is 43.6 Å². The smallest absolute Gasteiger partial charge is 0.157 e. The van der Waals surface area contributed by atoms with Crippen LogP contribution in [0.2, 0.25) is 0 Å². The van der Waals surface area contributed by atoms with E-state index in [0.717, 1.165) is 25.9 Å². The quantitative estimate of drug-likeness (QED) is 0.661. The van der Waals surface area contributed by atoms with Gasteiger partial charge < -0.3 is 4.90 Å². The highest BCUT2D eigenvalue weighted by atomic mass is 16.1. The summed E-state index contributed by atoms with van der Waals surface area (Å²) in [6.07, 6.45) is 3.88. The number of carbonyl (C=O) groups is 1. The van der Waals surface area contributed by atoms with Crippen molar-refractivity contribution in [1.82, 2.24) is 4.90 Å². The molecule has 0 bridgehead atoms. The van der Waals surface area contributed by atoms with Gasteiger partial charge in [0.1, 0.15) is 0 Å². The van der Waals surface area contributed by atoms with E-state index in [1.54, 1.807) is 0 Å². The van der Waals surface area contributed by atoms with Crippen molar-refractivity contribution in [2.75, 3.05) is 26.7 Å². The van der Waals surface area contributed by atoms with Gasteiger partial charge in [0, 0.05) is 12.1 Å². The lowest BCUT2D eigenvalue weighted by Crippen LogP contribution is -2.34. The number of carbonyl (C=O) groups excluding carboxylic acids is 1. The molecular formula is C12H22N2O. The van der Waals surface area contributed by atoms with E-state index in [0.29, 0.717) is 18.2 Å². The second kappa shape index (κ2) is 6.01. The van der Waals surface area contributed by atoms with Crippen molar-refractivity contribution >= 4 is 12.0 Å². The summed E-state index contributed by atoms with van der Waals surface area (Å²) in [7, 11) is 2.11. The number of hydrogen-bond donors (Lipinski definition) is 0. The molecular weight excluding hydrogens is 188 g/mol. The van der Waals surface area contributed by atoms with Crippen LogP contribution in [0.5, 0.6) is 0 Å². The van der Waals surface area contributed by atoms with Crippen LogP contribution in [0.1, 0.15) is 26.7 Å². The highest BCUT2D eigenvalue weighted by Crippen LogP contribution is 2.16. The molecule has 0 spiro atoms. The van der Waals surface area contributed by atoms with Gasteiger partial charge in [0.05, 0.1) is 6.54 Å². The molecule has 3 nitrogen and oxygen atoms in total. The zero-order chi connectivity index (χ0) is 11.3. The summed E-state index contributed by atoms with van der Waals surface area (Å²) < 4.78 is 0. The number of likely N-dealkylation sites (tertiary alicyclic amines) is 1. The first kappa shape index (κ1) is 12.4. The third kappa shape index (κ3) is 4.56. The Bertz CT molecular complexity index is 228. The van der Waals surface area contributed by atoms with Crippen molar-refractivity contribution < 1.29 is 4.79 Å². The van der Waals surface area contributed by atoms with E-state index in [1.807, 2.05) is 6.21 Å². The highest BCUT2D eigenvalue weighted by molar-refractivity contribution is 5.84. The molecule has 1 aliphatic heterocycles. The Labute approximate surface area is 92.6 Å². The summed E-state index contributed by atoms with van der Waals surface area (Å²) in [6.45, 7) is 6.62. The normalized spacial score (nSPS) is 20.3. The Kier molecular flexibility index (Phi) is 4.95. The zero-order valence-corrected chi connectivity index (χ0v) is 10.1. The molecule has 0 aliphatic carbocycles. The van der Waals surface area contributed by atoms with E-state index in [1.165, 1.54) is 0 Å². The van der Waals surface area contributed by atoms with E-state index in [9.17, 15) is 4.79 Å². The monoisotopic (exact) mass is 210 g/mol. The van der Waals surface area contributed by atoms with Crippen molar-refractivity contribution in [2.24, 2.45) is 16.8 Å². The molecule has 1 aliphatic rings. The van der Waals surface area contributed by atoms with Gasteiger partial charge in [-0.05, 0) is 38.9 Å². The lowest BCUT2D eigenvalue weighted by Gasteiger charge is -2.27. The molecule has 0 aromatic heterocycles. The molecule has 0 N–H and O–H groups in total. The third-order valence-corrected chi connectivity index (χ3v) is 2.82. The largest absolute Gasteiger partial charge is 0.306 e. The molecule has 0 unspecified atom stereocenters. The van der Waals surface area contributed by atoms with Crippen LogP contribution in [0.4, 0.5) is 0 Å². The summed E-state index contributed by atoms with van der Waals surface area (Å²) in [5, 5.41) is 0. The number of piperidine rings is 1. The van der Waals surface area contributed by atoms with Crippen LogP contribution < -0.4 is 0 Å². The lowest BCUT2D eigenvalue weighted by atomic mass is 9.93. The Balaban J connectivity index is 2.28. The van der Waals surface area contributed by atoms with Gasteiger partial charge in [0.15, 0.2) is 5.78 Å². The Morgan fingerprint density at radius 1 is 1.47 bits per heavy atom. The summed E-state index contributed by atoms with van der Waals surface area (Å²) in [6, 6.07) is 0. The number of aliphatic imine (C=N–C) groups is 1. The maximum absolute atomic E-state index is 11.8. The SMILES string of the molecule is CC(C)C=NCC(=O)C1CCN(C)CC1. The number of Topliss-reactive ketones (excluding diaryl/α,β-unsaturated/α-hetero) is 1. The fourth-order valence-electron chi connectivity index (χ4n) is 1.81. The van der Waals surface area contributed by atoms with E-state index < -0.39 is 0 Å². The van der Waals surface area contributed by atoms with E-state index in [4.69, 9.17) is 0 Å². The average Bonchev–Trinajstić information content (AvgIpc) is 2.18. The van der Waals surface area contributed by atoms with Crippen LogP contribution in [0.15, 0.2) is 4.99 Å². The highest BCUT2D eigenvalue weighted by Gasteiger charge is 2.22. The van der Waals surface area contributed by atoms with Crippen LogP contribution in [-0.2, 0) is 4.79 Å². The number of nitrogens with zero attached hydrogens (tertiary/aromatic N) is 2. The van der Waals surface area contributed by atoms with Crippen LogP contribution >= 0.6 is 0 Å². The summed E-state index contributed by atoms with van der Waals surface area (Å²) in [5.41, 5.74) is 0. The van der Waals surface area contributed by atoms with E-state index in [2.05, 4.69) is 30.8 Å². The molecule has 86 valence electrons. The molecule has 0 atom stereocenters. The maximum atomic E-state index is 11.8. The molecule has 0 saturated carbocycles. The fraction of sp³-hybridized carbons (Fsp3) is 0.833. The van der Waals surface area contributed by atoms with Gasteiger partial charge in [-0.15, -0.1) is 0 Å². The molecule has 1 saturated heterocycles. The van der Waals surface area contributed by atoms with Gasteiger partial charge in [0.2, 0.25) is 0 Å². The van der Waals surface area contributed by atoms with Gasteiger partial charge in [-0.1, -0.05) is 13.8 Å². The van der Waals surface area contributed by atoms with Crippen LogP contribution in [0.3, 0.4) is 0 Å². The first-order valence-corrected chi connectivity index (χ1v) is 5.80. The van der Waals surface area contributed by atoms with Crippen molar-refractivity contribution in [1.29, 1.82) is 0 Å². The average molecular weight is 210 g/mol. The third-order valence-electron chi connectivity index (χ3n) is 2.82. The maximum Gasteiger partial charge on any atom is 0.157 e. The minimum Gasteiger partial charge on any atom is -0.306 e. The first-order valence-electron chi connectivity index (χ1n) is 5.80. The second-order valence-electron chi connectivity index (χ2n) is 4.78. The zero-order valence-electron chi connectivity index (χ0n) is 10.1. The Morgan fingerprint density at radius 3 is 2.60 bits per heavy atom. The van der Waals surface area contributed by atoms with E-state index in [-0.39, 0.29) is 5.92 Å². The Morgan fingerprint density at radius 2 is 2.07 bits per heavy atom. The topological polar surface area (TPSA) is 32.7 Å². The van der Waals surface area contributed by atoms with Gasteiger partial charge >= 0.3 is 0 Å². The lowest BCUT2D eigenvalue weighted by molar-refractivity contribution is -0.122. The molecule has 0 amide bonds. The standard InChI is InChI=1S/C12H22N2O/c1-10(2)8-13-9-12(15)11-4-6-14(3)7-5-11/h8,10-11H,4-7,9H2,1-3H3. The van der Waals surface area contributed by atoms with Gasteiger partial charge in [-0.25, -0.2) is 0 Å². The molecule has 1 fully saturated rings.